The molecular weight excluding hydrogens is 424 g/mol. The molecule has 1 unspecified atom stereocenters. The molecule has 5 nitrogen and oxygen atoms in total. The Labute approximate surface area is 198 Å². The Bertz CT molecular complexity index is 1340. The largest absolute Gasteiger partial charge is 0.457 e. The second kappa shape index (κ2) is 8.96. The van der Waals surface area contributed by atoms with Crippen molar-refractivity contribution in [2.75, 3.05) is 7.05 Å². The number of carbonyl (C=O) groups is 2. The average molecular weight is 449 g/mol. The molecule has 1 aliphatic rings. The average Bonchev–Trinajstić information content (AvgIpc) is 2.87. The molecule has 1 amide bonds. The number of aryl methyl sites for hydroxylation is 1. The number of hydrogen-bond donors (Lipinski definition) is 1. The zero-order valence-electron chi connectivity index (χ0n) is 19.0. The van der Waals surface area contributed by atoms with Gasteiger partial charge < -0.3 is 4.74 Å². The lowest BCUT2D eigenvalue weighted by atomic mass is 9.93. The standard InChI is InChI=1S/C29H24N2O3/c1-19-7-9-21(10-8-19)28(32)22-13-17-24(18-14-22)34-23-15-11-20(12-16-23)27-25-5-3-4-6-26(25)29(33)31(2)30-27/h3-18,27,30H,1-2H3. The van der Waals surface area contributed by atoms with Gasteiger partial charge in [0.1, 0.15) is 11.5 Å². The summed E-state index contributed by atoms with van der Waals surface area (Å²) in [5, 5.41) is 1.52. The Morgan fingerprint density at radius 2 is 1.35 bits per heavy atom. The van der Waals surface area contributed by atoms with Crippen LogP contribution in [0.25, 0.3) is 0 Å². The van der Waals surface area contributed by atoms with Gasteiger partial charge in [-0.05, 0) is 60.5 Å². The van der Waals surface area contributed by atoms with Crippen molar-refractivity contribution in [1.29, 1.82) is 0 Å². The highest BCUT2D eigenvalue weighted by Crippen LogP contribution is 2.31. The van der Waals surface area contributed by atoms with Crippen molar-refractivity contribution >= 4 is 11.7 Å². The number of ether oxygens (including phenoxy) is 1. The van der Waals surface area contributed by atoms with Crippen molar-refractivity contribution in [1.82, 2.24) is 10.4 Å². The van der Waals surface area contributed by atoms with Crippen LogP contribution in [0, 0.1) is 6.92 Å². The van der Waals surface area contributed by atoms with Crippen LogP contribution in [0.4, 0.5) is 0 Å². The van der Waals surface area contributed by atoms with Crippen LogP contribution in [0.2, 0.25) is 0 Å². The molecule has 0 fully saturated rings. The highest BCUT2D eigenvalue weighted by molar-refractivity contribution is 6.09. The molecule has 0 bridgehead atoms. The molecular formula is C29H24N2O3. The number of fused-ring (bicyclic) bond motifs is 1. The third-order valence-electron chi connectivity index (χ3n) is 6.01. The number of amides is 1. The lowest BCUT2D eigenvalue weighted by Gasteiger charge is -2.33. The highest BCUT2D eigenvalue weighted by Gasteiger charge is 2.29. The number of benzene rings is 4. The quantitative estimate of drug-likeness (QED) is 0.398. The molecule has 1 aliphatic heterocycles. The van der Waals surface area contributed by atoms with E-state index in [0.717, 1.165) is 16.7 Å². The summed E-state index contributed by atoms with van der Waals surface area (Å²) >= 11 is 0. The highest BCUT2D eigenvalue weighted by atomic mass is 16.5. The van der Waals surface area contributed by atoms with Gasteiger partial charge in [0.25, 0.3) is 5.91 Å². The summed E-state index contributed by atoms with van der Waals surface area (Å²) in [7, 11) is 1.73. The minimum atomic E-state index is -0.125. The van der Waals surface area contributed by atoms with Gasteiger partial charge in [-0.25, -0.2) is 5.43 Å². The first-order valence-electron chi connectivity index (χ1n) is 11.1. The van der Waals surface area contributed by atoms with E-state index in [2.05, 4.69) is 5.43 Å². The van der Waals surface area contributed by atoms with Crippen molar-refractivity contribution in [3.63, 3.8) is 0 Å². The smallest absolute Gasteiger partial charge is 0.268 e. The van der Waals surface area contributed by atoms with Crippen molar-refractivity contribution in [2.24, 2.45) is 0 Å². The molecule has 0 aromatic heterocycles. The van der Waals surface area contributed by atoms with Gasteiger partial charge >= 0.3 is 0 Å². The fourth-order valence-corrected chi connectivity index (χ4v) is 4.11. The van der Waals surface area contributed by atoms with Gasteiger partial charge in [0, 0.05) is 23.7 Å². The minimum Gasteiger partial charge on any atom is -0.457 e. The fourth-order valence-electron chi connectivity index (χ4n) is 4.11. The zero-order valence-corrected chi connectivity index (χ0v) is 19.0. The van der Waals surface area contributed by atoms with Crippen LogP contribution in [-0.4, -0.2) is 23.7 Å². The fraction of sp³-hybridized carbons (Fsp3) is 0.103. The first-order valence-corrected chi connectivity index (χ1v) is 11.1. The van der Waals surface area contributed by atoms with E-state index >= 15 is 0 Å². The Morgan fingerprint density at radius 1 is 0.794 bits per heavy atom. The predicted octanol–water partition coefficient (Wildman–Crippen LogP) is 5.70. The number of hydrogen-bond acceptors (Lipinski definition) is 4. The van der Waals surface area contributed by atoms with Crippen LogP contribution in [0.15, 0.2) is 97.1 Å². The summed E-state index contributed by atoms with van der Waals surface area (Å²) in [6, 6.07) is 30.0. The SMILES string of the molecule is Cc1ccc(C(=O)c2ccc(Oc3ccc(C4NN(C)C(=O)c5ccccc54)cc3)cc2)cc1. The molecule has 1 N–H and O–H groups in total. The van der Waals surface area contributed by atoms with Crippen LogP contribution >= 0.6 is 0 Å². The number of ketones is 1. The molecule has 5 heteroatoms. The number of nitrogens with one attached hydrogen (secondary N) is 1. The number of hydrazine groups is 1. The molecule has 1 atom stereocenters. The molecule has 4 aromatic rings. The lowest BCUT2D eigenvalue weighted by Crippen LogP contribution is -2.46. The van der Waals surface area contributed by atoms with Gasteiger partial charge in [-0.3, -0.25) is 14.6 Å². The van der Waals surface area contributed by atoms with Crippen LogP contribution in [0.3, 0.4) is 0 Å². The number of rotatable bonds is 5. The van der Waals surface area contributed by atoms with Crippen molar-refractivity contribution in [3.8, 4) is 11.5 Å². The van der Waals surface area contributed by atoms with Gasteiger partial charge in [0.05, 0.1) is 6.04 Å². The molecule has 5 rings (SSSR count). The second-order valence-corrected chi connectivity index (χ2v) is 8.40. The molecule has 0 saturated heterocycles. The summed E-state index contributed by atoms with van der Waals surface area (Å²) in [4.78, 5) is 25.1. The molecule has 34 heavy (non-hydrogen) atoms. The number of nitrogens with zero attached hydrogens (tertiary/aromatic N) is 1. The molecule has 1 heterocycles. The van der Waals surface area contributed by atoms with E-state index in [-0.39, 0.29) is 17.7 Å². The molecule has 0 spiro atoms. The van der Waals surface area contributed by atoms with Gasteiger partial charge in [-0.1, -0.05) is 60.2 Å². The Balaban J connectivity index is 1.30. The van der Waals surface area contributed by atoms with Gasteiger partial charge in [0.15, 0.2) is 5.78 Å². The third kappa shape index (κ3) is 4.21. The molecule has 168 valence electrons. The van der Waals surface area contributed by atoms with E-state index in [4.69, 9.17) is 4.74 Å². The maximum absolute atomic E-state index is 12.7. The maximum atomic E-state index is 12.7. The Morgan fingerprint density at radius 3 is 2.00 bits per heavy atom. The summed E-state index contributed by atoms with van der Waals surface area (Å²) in [5.74, 6) is 1.28. The summed E-state index contributed by atoms with van der Waals surface area (Å²) in [6.45, 7) is 2.00. The lowest BCUT2D eigenvalue weighted by molar-refractivity contribution is 0.0664. The third-order valence-corrected chi connectivity index (χ3v) is 6.01. The normalized spacial score (nSPS) is 15.1. The Kier molecular flexibility index (Phi) is 5.70. The van der Waals surface area contributed by atoms with Crippen molar-refractivity contribution in [3.05, 3.63) is 130 Å². The van der Waals surface area contributed by atoms with E-state index in [1.165, 1.54) is 5.01 Å². The van der Waals surface area contributed by atoms with E-state index < -0.39 is 0 Å². The molecule has 0 saturated carbocycles. The first kappa shape index (κ1) is 21.6. The van der Waals surface area contributed by atoms with Crippen LogP contribution in [0.1, 0.15) is 49.0 Å². The number of carbonyl (C=O) groups excluding carboxylic acids is 2. The van der Waals surface area contributed by atoms with Crippen LogP contribution < -0.4 is 10.2 Å². The van der Waals surface area contributed by atoms with Crippen LogP contribution in [0.5, 0.6) is 11.5 Å². The van der Waals surface area contributed by atoms with E-state index in [0.29, 0.717) is 28.2 Å². The Hall–Kier alpha value is -4.22. The van der Waals surface area contributed by atoms with Gasteiger partial charge in [0.2, 0.25) is 0 Å². The minimum absolute atomic E-state index is 0.0142. The molecule has 0 aliphatic carbocycles. The van der Waals surface area contributed by atoms with Gasteiger partial charge in [-0.2, -0.15) is 0 Å². The monoisotopic (exact) mass is 448 g/mol. The summed E-state index contributed by atoms with van der Waals surface area (Å²) in [5.41, 5.74) is 8.34. The molecule has 4 aromatic carbocycles. The van der Waals surface area contributed by atoms with Gasteiger partial charge in [-0.15, -0.1) is 0 Å². The second-order valence-electron chi connectivity index (χ2n) is 8.40. The molecule has 0 radical (unpaired) electrons. The first-order chi connectivity index (χ1) is 16.5. The van der Waals surface area contributed by atoms with E-state index in [1.54, 1.807) is 31.3 Å². The van der Waals surface area contributed by atoms with E-state index in [1.807, 2.05) is 79.7 Å². The van der Waals surface area contributed by atoms with Crippen LogP contribution in [-0.2, 0) is 0 Å². The maximum Gasteiger partial charge on any atom is 0.268 e. The predicted molar refractivity (Wildman–Crippen MR) is 131 cm³/mol. The van der Waals surface area contributed by atoms with Crippen molar-refractivity contribution < 1.29 is 14.3 Å². The van der Waals surface area contributed by atoms with E-state index in [9.17, 15) is 9.59 Å². The topological polar surface area (TPSA) is 58.6 Å². The summed E-state index contributed by atoms with van der Waals surface area (Å²) in [6.07, 6.45) is 0. The summed E-state index contributed by atoms with van der Waals surface area (Å²) < 4.78 is 5.99. The van der Waals surface area contributed by atoms with Crippen molar-refractivity contribution in [2.45, 2.75) is 13.0 Å². The zero-order chi connectivity index (χ0) is 23.7.